The third kappa shape index (κ3) is 3.41. The first-order valence-corrected chi connectivity index (χ1v) is 9.66. The van der Waals surface area contributed by atoms with Gasteiger partial charge in [-0.15, -0.1) is 0 Å². The Morgan fingerprint density at radius 1 is 1.19 bits per heavy atom. The van der Waals surface area contributed by atoms with E-state index in [4.69, 9.17) is 0 Å². The molecule has 0 aromatic heterocycles. The summed E-state index contributed by atoms with van der Waals surface area (Å²) in [5, 5.41) is 3.17. The van der Waals surface area contributed by atoms with Crippen molar-refractivity contribution in [2.75, 3.05) is 24.5 Å². The Balaban J connectivity index is 1.39. The van der Waals surface area contributed by atoms with Crippen LogP contribution in [-0.2, 0) is 4.79 Å². The third-order valence-electron chi connectivity index (χ3n) is 6.10. The molecule has 1 atom stereocenters. The van der Waals surface area contributed by atoms with E-state index in [2.05, 4.69) is 5.32 Å². The molecule has 1 aromatic rings. The maximum atomic E-state index is 13.5. The van der Waals surface area contributed by atoms with Crippen LogP contribution in [0.2, 0.25) is 0 Å². The molecule has 0 unspecified atom stereocenters. The van der Waals surface area contributed by atoms with Crippen LogP contribution < -0.4 is 10.2 Å². The van der Waals surface area contributed by atoms with Crippen LogP contribution in [0.4, 0.5) is 14.9 Å². The average molecular weight is 359 g/mol. The van der Waals surface area contributed by atoms with E-state index in [0.29, 0.717) is 37.8 Å². The van der Waals surface area contributed by atoms with Crippen LogP contribution in [0.1, 0.15) is 44.9 Å². The van der Waals surface area contributed by atoms with E-state index in [1.807, 2.05) is 4.90 Å². The maximum Gasteiger partial charge on any atom is 0.317 e. The van der Waals surface area contributed by atoms with Crippen LogP contribution in [0.3, 0.4) is 0 Å². The lowest BCUT2D eigenvalue weighted by atomic mass is 9.86. The van der Waals surface area contributed by atoms with Crippen LogP contribution in [0.25, 0.3) is 0 Å². The number of hydrogen-bond donors (Lipinski definition) is 1. The molecule has 1 saturated carbocycles. The largest absolute Gasteiger partial charge is 0.335 e. The molecule has 2 heterocycles. The summed E-state index contributed by atoms with van der Waals surface area (Å²) in [5.74, 6) is -0.318. The lowest BCUT2D eigenvalue weighted by Crippen LogP contribution is -2.45. The number of likely N-dealkylation sites (tertiary alicyclic amines) is 1. The first-order valence-electron chi connectivity index (χ1n) is 9.66. The number of hydrogen-bond acceptors (Lipinski definition) is 2. The Morgan fingerprint density at radius 3 is 2.77 bits per heavy atom. The molecule has 5 nitrogen and oxygen atoms in total. The van der Waals surface area contributed by atoms with Crippen LogP contribution in [0.5, 0.6) is 0 Å². The van der Waals surface area contributed by atoms with Gasteiger partial charge in [-0.2, -0.15) is 0 Å². The van der Waals surface area contributed by atoms with E-state index in [9.17, 15) is 14.0 Å². The van der Waals surface area contributed by atoms with Crippen LogP contribution in [-0.4, -0.2) is 42.5 Å². The molecule has 1 aromatic carbocycles. The van der Waals surface area contributed by atoms with Gasteiger partial charge in [0.2, 0.25) is 5.91 Å². The van der Waals surface area contributed by atoms with Crippen molar-refractivity contribution >= 4 is 17.6 Å². The molecule has 3 aliphatic rings. The number of benzene rings is 1. The minimum absolute atomic E-state index is 0.00503. The van der Waals surface area contributed by atoms with Crippen LogP contribution in [0.15, 0.2) is 24.3 Å². The smallest absolute Gasteiger partial charge is 0.317 e. The van der Waals surface area contributed by atoms with Gasteiger partial charge in [-0.3, -0.25) is 4.79 Å². The van der Waals surface area contributed by atoms with E-state index in [0.717, 1.165) is 19.3 Å². The second-order valence-corrected chi connectivity index (χ2v) is 8.09. The molecule has 0 bridgehead atoms. The van der Waals surface area contributed by atoms with Gasteiger partial charge in [-0.05, 0) is 37.5 Å². The van der Waals surface area contributed by atoms with Crippen molar-refractivity contribution in [1.29, 1.82) is 0 Å². The Morgan fingerprint density at radius 2 is 2.00 bits per heavy atom. The Kier molecular flexibility index (Phi) is 4.59. The predicted molar refractivity (Wildman–Crippen MR) is 97.4 cm³/mol. The number of carbonyl (C=O) groups excluding carboxylic acids is 2. The molecule has 4 rings (SSSR count). The quantitative estimate of drug-likeness (QED) is 0.881. The minimum Gasteiger partial charge on any atom is -0.335 e. The summed E-state index contributed by atoms with van der Waals surface area (Å²) in [6.07, 6.45) is 7.02. The maximum absolute atomic E-state index is 13.5. The normalized spacial score (nSPS) is 26.7. The summed E-state index contributed by atoms with van der Waals surface area (Å²) in [6, 6.07) is 6.48. The summed E-state index contributed by atoms with van der Waals surface area (Å²) >= 11 is 0. The zero-order chi connectivity index (χ0) is 18.1. The van der Waals surface area contributed by atoms with Crippen molar-refractivity contribution in [1.82, 2.24) is 10.2 Å². The second kappa shape index (κ2) is 6.89. The molecule has 3 amide bonds. The summed E-state index contributed by atoms with van der Waals surface area (Å²) in [5.41, 5.74) is 0.407. The van der Waals surface area contributed by atoms with Gasteiger partial charge in [0, 0.05) is 43.2 Å². The highest BCUT2D eigenvalue weighted by atomic mass is 19.1. The lowest BCUT2D eigenvalue weighted by Gasteiger charge is -2.27. The highest BCUT2D eigenvalue weighted by Gasteiger charge is 2.49. The molecular weight excluding hydrogens is 333 g/mol. The number of halogens is 1. The molecule has 0 radical (unpaired) electrons. The SMILES string of the molecule is O=C(NC1CCCCC1)N1CC[C@]2(CC(=O)N(c3cccc(F)c3)C2)C1. The summed E-state index contributed by atoms with van der Waals surface area (Å²) in [6.45, 7) is 1.84. The van der Waals surface area contributed by atoms with Gasteiger partial charge >= 0.3 is 6.03 Å². The van der Waals surface area contributed by atoms with E-state index in [-0.39, 0.29) is 23.2 Å². The molecule has 1 aliphatic carbocycles. The fraction of sp³-hybridized carbons (Fsp3) is 0.600. The van der Waals surface area contributed by atoms with Crippen LogP contribution in [0, 0.1) is 11.2 Å². The zero-order valence-corrected chi connectivity index (χ0v) is 15.0. The van der Waals surface area contributed by atoms with Crippen molar-refractivity contribution in [2.45, 2.75) is 51.0 Å². The topological polar surface area (TPSA) is 52.7 Å². The van der Waals surface area contributed by atoms with Crippen molar-refractivity contribution in [3.63, 3.8) is 0 Å². The second-order valence-electron chi connectivity index (χ2n) is 8.09. The molecule has 26 heavy (non-hydrogen) atoms. The predicted octanol–water partition coefficient (Wildman–Crippen LogP) is 3.30. The Hall–Kier alpha value is -2.11. The molecule has 1 spiro atoms. The number of anilines is 1. The molecule has 3 fully saturated rings. The van der Waals surface area contributed by atoms with E-state index in [1.54, 1.807) is 17.0 Å². The Bertz CT molecular complexity index is 704. The third-order valence-corrected chi connectivity index (χ3v) is 6.10. The van der Waals surface area contributed by atoms with E-state index >= 15 is 0 Å². The highest BCUT2D eigenvalue weighted by molar-refractivity contribution is 5.96. The first kappa shape index (κ1) is 17.3. The summed E-state index contributed by atoms with van der Waals surface area (Å²) < 4.78 is 13.5. The number of nitrogens with zero attached hydrogens (tertiary/aromatic N) is 2. The highest BCUT2D eigenvalue weighted by Crippen LogP contribution is 2.42. The Labute approximate surface area is 153 Å². The van der Waals surface area contributed by atoms with Gasteiger partial charge in [-0.1, -0.05) is 25.3 Å². The van der Waals surface area contributed by atoms with Crippen molar-refractivity contribution in [2.24, 2.45) is 5.41 Å². The van der Waals surface area contributed by atoms with Crippen molar-refractivity contribution in [3.05, 3.63) is 30.1 Å². The van der Waals surface area contributed by atoms with Gasteiger partial charge in [0.25, 0.3) is 0 Å². The lowest BCUT2D eigenvalue weighted by molar-refractivity contribution is -0.117. The van der Waals surface area contributed by atoms with Crippen LogP contribution >= 0.6 is 0 Å². The van der Waals surface area contributed by atoms with E-state index < -0.39 is 0 Å². The fourth-order valence-corrected chi connectivity index (χ4v) is 4.67. The zero-order valence-electron chi connectivity index (χ0n) is 15.0. The average Bonchev–Trinajstić information content (AvgIpc) is 3.19. The van der Waals surface area contributed by atoms with Crippen molar-refractivity contribution in [3.8, 4) is 0 Å². The van der Waals surface area contributed by atoms with E-state index in [1.165, 1.54) is 31.4 Å². The van der Waals surface area contributed by atoms with Gasteiger partial charge in [-0.25, -0.2) is 9.18 Å². The molecule has 2 aliphatic heterocycles. The minimum atomic E-state index is -0.337. The number of carbonyl (C=O) groups is 2. The molecule has 1 N–H and O–H groups in total. The number of nitrogens with one attached hydrogen (secondary N) is 1. The van der Waals surface area contributed by atoms with Crippen molar-refractivity contribution < 1.29 is 14.0 Å². The fourth-order valence-electron chi connectivity index (χ4n) is 4.67. The van der Waals surface area contributed by atoms with Gasteiger partial charge in [0.1, 0.15) is 5.82 Å². The molecule has 2 saturated heterocycles. The van der Waals surface area contributed by atoms with Gasteiger partial charge in [0.05, 0.1) is 0 Å². The van der Waals surface area contributed by atoms with Gasteiger partial charge < -0.3 is 15.1 Å². The summed E-state index contributed by atoms with van der Waals surface area (Å²) in [4.78, 5) is 28.7. The molecule has 6 heteroatoms. The number of amides is 3. The first-order chi connectivity index (χ1) is 12.5. The molecule has 140 valence electrons. The molecular formula is C20H26FN3O2. The number of urea groups is 1. The monoisotopic (exact) mass is 359 g/mol. The summed E-state index contributed by atoms with van der Waals surface area (Å²) in [7, 11) is 0. The standard InChI is InChI=1S/C20H26FN3O2/c21-15-5-4-8-17(11-15)24-14-20(12-18(24)25)9-10-23(13-20)19(26)22-16-6-2-1-3-7-16/h4-5,8,11,16H,1-3,6-7,9-10,12-14H2,(H,22,26)/t20-/m0/s1. The number of rotatable bonds is 2. The van der Waals surface area contributed by atoms with Gasteiger partial charge in [0.15, 0.2) is 0 Å².